The van der Waals surface area contributed by atoms with Crippen LogP contribution in [0.5, 0.6) is 5.75 Å². The zero-order valence-electron chi connectivity index (χ0n) is 17.5. The summed E-state index contributed by atoms with van der Waals surface area (Å²) in [6, 6.07) is 10.8. The Balaban J connectivity index is 1.84. The van der Waals surface area contributed by atoms with Crippen LogP contribution in [0.2, 0.25) is 0 Å². The van der Waals surface area contributed by atoms with Gasteiger partial charge in [0, 0.05) is 26.5 Å². The molecule has 2 aromatic rings. The molecule has 0 saturated heterocycles. The maximum Gasteiger partial charge on any atom is 0.262 e. The van der Waals surface area contributed by atoms with Gasteiger partial charge in [0.25, 0.3) is 5.91 Å². The maximum atomic E-state index is 13.1. The van der Waals surface area contributed by atoms with Gasteiger partial charge in [-0.25, -0.2) is 5.01 Å². The molecule has 8 heteroatoms. The van der Waals surface area contributed by atoms with Gasteiger partial charge in [0.2, 0.25) is 5.91 Å². The standard InChI is InChI=1S/C22H27N3O5/c1-4-21(26)24(11-13-28-2)15-22(27)25-19(20-6-5-12-30-20)14-18(23-25)16-7-9-17(29-3)10-8-16/h5-10,12,19H,4,11,13-15H2,1-3H3/t19-/m1/s1. The third kappa shape index (κ3) is 4.88. The lowest BCUT2D eigenvalue weighted by Crippen LogP contribution is -2.42. The number of benzene rings is 1. The van der Waals surface area contributed by atoms with Crippen molar-refractivity contribution in [3.63, 3.8) is 0 Å². The van der Waals surface area contributed by atoms with Crippen molar-refractivity contribution in [2.45, 2.75) is 25.8 Å². The minimum atomic E-state index is -0.356. The van der Waals surface area contributed by atoms with Crippen molar-refractivity contribution in [1.82, 2.24) is 9.91 Å². The van der Waals surface area contributed by atoms with Crippen molar-refractivity contribution in [1.29, 1.82) is 0 Å². The lowest BCUT2D eigenvalue weighted by molar-refractivity contribution is -0.142. The highest BCUT2D eigenvalue weighted by molar-refractivity contribution is 6.03. The molecule has 0 spiro atoms. The molecular weight excluding hydrogens is 386 g/mol. The van der Waals surface area contributed by atoms with Crippen LogP contribution in [0.25, 0.3) is 0 Å². The monoisotopic (exact) mass is 413 g/mol. The molecule has 1 aliphatic heterocycles. The van der Waals surface area contributed by atoms with Crippen LogP contribution in [0.4, 0.5) is 0 Å². The molecule has 3 rings (SSSR count). The van der Waals surface area contributed by atoms with E-state index in [-0.39, 0.29) is 24.4 Å². The summed E-state index contributed by atoms with van der Waals surface area (Å²) in [6.07, 6.45) is 2.42. The zero-order valence-corrected chi connectivity index (χ0v) is 17.5. The Hall–Kier alpha value is -3.13. The van der Waals surface area contributed by atoms with Gasteiger partial charge in [0.15, 0.2) is 0 Å². The van der Waals surface area contributed by atoms with E-state index in [4.69, 9.17) is 13.9 Å². The quantitative estimate of drug-likeness (QED) is 0.631. The van der Waals surface area contributed by atoms with Crippen molar-refractivity contribution in [2.24, 2.45) is 5.10 Å². The molecule has 1 aromatic heterocycles. The van der Waals surface area contributed by atoms with E-state index >= 15 is 0 Å². The van der Waals surface area contributed by atoms with Crippen LogP contribution in [-0.2, 0) is 14.3 Å². The van der Waals surface area contributed by atoms with E-state index in [9.17, 15) is 9.59 Å². The lowest BCUT2D eigenvalue weighted by atomic mass is 10.0. The van der Waals surface area contributed by atoms with Crippen molar-refractivity contribution in [3.05, 3.63) is 54.0 Å². The van der Waals surface area contributed by atoms with Crippen LogP contribution >= 0.6 is 0 Å². The first-order chi connectivity index (χ1) is 14.6. The highest BCUT2D eigenvalue weighted by Gasteiger charge is 2.35. The molecule has 0 bridgehead atoms. The van der Waals surface area contributed by atoms with Gasteiger partial charge in [0.05, 0.1) is 25.7 Å². The molecule has 2 heterocycles. The van der Waals surface area contributed by atoms with E-state index in [2.05, 4.69) is 5.10 Å². The van der Waals surface area contributed by atoms with Crippen molar-refractivity contribution in [3.8, 4) is 5.75 Å². The van der Waals surface area contributed by atoms with Gasteiger partial charge >= 0.3 is 0 Å². The number of hydrogen-bond donors (Lipinski definition) is 0. The molecule has 0 fully saturated rings. The molecule has 160 valence electrons. The average molecular weight is 413 g/mol. The fourth-order valence-corrected chi connectivity index (χ4v) is 3.35. The summed E-state index contributed by atoms with van der Waals surface area (Å²) in [4.78, 5) is 26.9. The Morgan fingerprint density at radius 1 is 1.23 bits per heavy atom. The number of carbonyl (C=O) groups is 2. The second-order valence-electron chi connectivity index (χ2n) is 6.91. The second kappa shape index (κ2) is 10.1. The second-order valence-corrected chi connectivity index (χ2v) is 6.91. The van der Waals surface area contributed by atoms with Gasteiger partial charge in [-0.05, 0) is 42.0 Å². The zero-order chi connectivity index (χ0) is 21.5. The largest absolute Gasteiger partial charge is 0.497 e. The molecule has 2 amide bonds. The van der Waals surface area contributed by atoms with Gasteiger partial charge in [-0.2, -0.15) is 5.10 Å². The first-order valence-corrected chi connectivity index (χ1v) is 9.91. The van der Waals surface area contributed by atoms with Gasteiger partial charge in [-0.15, -0.1) is 0 Å². The molecule has 0 unspecified atom stereocenters. The predicted octanol–water partition coefficient (Wildman–Crippen LogP) is 2.85. The maximum absolute atomic E-state index is 13.1. The Morgan fingerprint density at radius 3 is 2.60 bits per heavy atom. The molecule has 1 atom stereocenters. The van der Waals surface area contributed by atoms with Crippen LogP contribution < -0.4 is 4.74 Å². The minimum Gasteiger partial charge on any atom is -0.497 e. The SMILES string of the molecule is CCC(=O)N(CCOC)CC(=O)N1N=C(c2ccc(OC)cc2)C[C@@H]1c1ccco1. The molecule has 8 nitrogen and oxygen atoms in total. The molecule has 0 aliphatic carbocycles. The predicted molar refractivity (Wildman–Crippen MR) is 111 cm³/mol. The van der Waals surface area contributed by atoms with E-state index in [1.54, 1.807) is 33.5 Å². The van der Waals surface area contributed by atoms with Crippen LogP contribution in [-0.4, -0.2) is 61.4 Å². The van der Waals surface area contributed by atoms with E-state index in [1.165, 1.54) is 9.91 Å². The summed E-state index contributed by atoms with van der Waals surface area (Å²) in [6.45, 7) is 2.42. The van der Waals surface area contributed by atoms with Gasteiger partial charge in [-0.3, -0.25) is 9.59 Å². The summed E-state index contributed by atoms with van der Waals surface area (Å²) in [5, 5.41) is 6.03. The summed E-state index contributed by atoms with van der Waals surface area (Å²) in [5.74, 6) is 1.03. The van der Waals surface area contributed by atoms with E-state index in [1.807, 2.05) is 30.3 Å². The highest BCUT2D eigenvalue weighted by Crippen LogP contribution is 2.33. The number of carbonyl (C=O) groups excluding carboxylic acids is 2. The molecule has 1 aliphatic rings. The van der Waals surface area contributed by atoms with Gasteiger partial charge in [0.1, 0.15) is 24.1 Å². The first-order valence-electron chi connectivity index (χ1n) is 9.91. The smallest absolute Gasteiger partial charge is 0.262 e. The van der Waals surface area contributed by atoms with Crippen LogP contribution in [0.15, 0.2) is 52.2 Å². The molecule has 0 radical (unpaired) electrons. The Morgan fingerprint density at radius 2 is 2.00 bits per heavy atom. The van der Waals surface area contributed by atoms with Crippen molar-refractivity contribution >= 4 is 17.5 Å². The van der Waals surface area contributed by atoms with E-state index < -0.39 is 0 Å². The molecule has 30 heavy (non-hydrogen) atoms. The topological polar surface area (TPSA) is 84.6 Å². The van der Waals surface area contributed by atoms with Gasteiger partial charge < -0.3 is 18.8 Å². The normalized spacial score (nSPS) is 15.8. The summed E-state index contributed by atoms with van der Waals surface area (Å²) in [5.41, 5.74) is 1.68. The number of hydrazone groups is 1. The Bertz CT molecular complexity index is 877. The molecule has 1 aromatic carbocycles. The lowest BCUT2D eigenvalue weighted by Gasteiger charge is -2.25. The number of nitrogens with zero attached hydrogens (tertiary/aromatic N) is 3. The molecule has 0 saturated carbocycles. The number of amides is 2. The van der Waals surface area contributed by atoms with Crippen LogP contribution in [0, 0.1) is 0 Å². The van der Waals surface area contributed by atoms with E-state index in [0.717, 1.165) is 17.0 Å². The highest BCUT2D eigenvalue weighted by atomic mass is 16.5. The summed E-state index contributed by atoms with van der Waals surface area (Å²) in [7, 11) is 3.18. The third-order valence-corrected chi connectivity index (χ3v) is 5.01. The number of ether oxygens (including phenoxy) is 2. The number of furan rings is 1. The van der Waals surface area contributed by atoms with Crippen molar-refractivity contribution in [2.75, 3.05) is 33.9 Å². The minimum absolute atomic E-state index is 0.0629. The van der Waals surface area contributed by atoms with Crippen LogP contribution in [0.1, 0.15) is 37.1 Å². The van der Waals surface area contributed by atoms with Crippen molar-refractivity contribution < 1.29 is 23.5 Å². The number of hydrogen-bond acceptors (Lipinski definition) is 6. The Kier molecular flexibility index (Phi) is 7.24. The van der Waals surface area contributed by atoms with Gasteiger partial charge in [-0.1, -0.05) is 6.92 Å². The molecular formula is C22H27N3O5. The fraction of sp³-hybridized carbons (Fsp3) is 0.409. The summed E-state index contributed by atoms with van der Waals surface area (Å²) < 4.78 is 15.9. The summed E-state index contributed by atoms with van der Waals surface area (Å²) >= 11 is 0. The third-order valence-electron chi connectivity index (χ3n) is 5.01. The first kappa shape index (κ1) is 21.6. The number of methoxy groups -OCH3 is 2. The average Bonchev–Trinajstić information content (AvgIpc) is 3.46. The Labute approximate surface area is 176 Å². The van der Waals surface area contributed by atoms with E-state index in [0.29, 0.717) is 31.8 Å². The molecule has 0 N–H and O–H groups in total. The van der Waals surface area contributed by atoms with Crippen LogP contribution in [0.3, 0.4) is 0 Å². The number of rotatable bonds is 9. The fourth-order valence-electron chi connectivity index (χ4n) is 3.35.